The third kappa shape index (κ3) is 2.23. The minimum atomic E-state index is 0.342. The third-order valence-corrected chi connectivity index (χ3v) is 4.36. The van der Waals surface area contributed by atoms with Gasteiger partial charge in [0.05, 0.1) is 0 Å². The Morgan fingerprint density at radius 2 is 2.07 bits per heavy atom. The maximum Gasteiger partial charge on any atom is 0.231 e. The Hall–Kier alpha value is -0.220. The van der Waals surface area contributed by atoms with E-state index in [2.05, 4.69) is 37.9 Å². The zero-order valence-corrected chi connectivity index (χ0v) is 10.7. The molecule has 4 heteroatoms. The largest absolute Gasteiger partial charge is 0.454 e. The summed E-state index contributed by atoms with van der Waals surface area (Å²) in [5.41, 5.74) is 1.26. The minimum absolute atomic E-state index is 0.342. The van der Waals surface area contributed by atoms with Crippen molar-refractivity contribution < 1.29 is 9.47 Å². The lowest BCUT2D eigenvalue weighted by Gasteiger charge is -2.06. The first-order chi connectivity index (χ1) is 6.79. The van der Waals surface area contributed by atoms with Crippen LogP contribution in [-0.2, 0) is 6.42 Å². The van der Waals surface area contributed by atoms with Crippen molar-refractivity contribution in [3.63, 3.8) is 0 Å². The molecule has 14 heavy (non-hydrogen) atoms. The van der Waals surface area contributed by atoms with E-state index in [0.717, 1.165) is 23.2 Å². The lowest BCUT2D eigenvalue weighted by atomic mass is 10.1. The molecule has 1 heterocycles. The summed E-state index contributed by atoms with van der Waals surface area (Å²) in [6.07, 6.45) is 0.988. The second-order valence-corrected chi connectivity index (χ2v) is 5.09. The van der Waals surface area contributed by atoms with Crippen molar-refractivity contribution in [2.75, 3.05) is 12.1 Å². The summed E-state index contributed by atoms with van der Waals surface area (Å²) in [7, 11) is 0. The molecular weight excluding hydrogens is 312 g/mol. The normalized spacial score (nSPS) is 15.6. The summed E-state index contributed by atoms with van der Waals surface area (Å²) < 4.78 is 10.5. The van der Waals surface area contributed by atoms with Gasteiger partial charge in [-0.3, -0.25) is 0 Å². The fourth-order valence-electron chi connectivity index (χ4n) is 1.38. The van der Waals surface area contributed by atoms with Gasteiger partial charge in [-0.15, -0.1) is 0 Å². The number of ether oxygens (including phenoxy) is 2. The number of fused-ring (bicyclic) bond motifs is 1. The maximum absolute atomic E-state index is 5.31. The molecule has 0 fully saturated rings. The van der Waals surface area contributed by atoms with E-state index in [1.165, 1.54) is 5.56 Å². The number of hydrogen-bond donors (Lipinski definition) is 0. The summed E-state index contributed by atoms with van der Waals surface area (Å²) in [6, 6.07) is 6.08. The second kappa shape index (κ2) is 4.53. The quantitative estimate of drug-likeness (QED) is 0.796. The fraction of sp³-hybridized carbons (Fsp3) is 0.400. The van der Waals surface area contributed by atoms with E-state index < -0.39 is 0 Å². The summed E-state index contributed by atoms with van der Waals surface area (Å²) in [4.78, 5) is 0.461. The summed E-state index contributed by atoms with van der Waals surface area (Å²) in [5.74, 6) is 1.70. The molecule has 0 amide bonds. The van der Waals surface area contributed by atoms with Crippen molar-refractivity contribution in [2.45, 2.75) is 11.2 Å². The van der Waals surface area contributed by atoms with E-state index in [9.17, 15) is 0 Å². The average Bonchev–Trinajstić information content (AvgIpc) is 2.64. The first kappa shape index (κ1) is 10.3. The van der Waals surface area contributed by atoms with Crippen LogP contribution in [0.15, 0.2) is 18.2 Å². The first-order valence-corrected chi connectivity index (χ1v) is 6.42. The molecule has 1 unspecified atom stereocenters. The summed E-state index contributed by atoms with van der Waals surface area (Å²) in [6.45, 7) is 0.342. The Kier molecular flexibility index (Phi) is 3.34. The Bertz CT molecular complexity index is 328. The molecule has 0 bridgehead atoms. The Morgan fingerprint density at radius 3 is 2.86 bits per heavy atom. The van der Waals surface area contributed by atoms with E-state index in [-0.39, 0.29) is 0 Å². The van der Waals surface area contributed by atoms with Crippen molar-refractivity contribution in [1.29, 1.82) is 0 Å². The zero-order chi connectivity index (χ0) is 9.97. The molecule has 0 aliphatic carbocycles. The summed E-state index contributed by atoms with van der Waals surface area (Å²) in [5, 5.41) is 0.946. The van der Waals surface area contributed by atoms with Crippen LogP contribution in [0.2, 0.25) is 0 Å². The third-order valence-electron chi connectivity index (χ3n) is 2.06. The van der Waals surface area contributed by atoms with Gasteiger partial charge in [-0.1, -0.05) is 37.9 Å². The van der Waals surface area contributed by atoms with Crippen molar-refractivity contribution in [2.24, 2.45) is 0 Å². The molecule has 2 rings (SSSR count). The molecule has 76 valence electrons. The van der Waals surface area contributed by atoms with Crippen LogP contribution in [0.3, 0.4) is 0 Å². The van der Waals surface area contributed by atoms with Crippen LogP contribution in [0.4, 0.5) is 0 Å². The molecular formula is C10H10Br2O2. The van der Waals surface area contributed by atoms with Crippen LogP contribution < -0.4 is 9.47 Å². The second-order valence-electron chi connectivity index (χ2n) is 3.14. The molecule has 2 nitrogen and oxygen atoms in total. The molecule has 1 aliphatic rings. The number of alkyl halides is 2. The molecule has 1 aromatic carbocycles. The highest BCUT2D eigenvalue weighted by molar-refractivity contribution is 9.12. The molecule has 0 spiro atoms. The van der Waals surface area contributed by atoms with Gasteiger partial charge in [0.15, 0.2) is 11.5 Å². The van der Waals surface area contributed by atoms with Gasteiger partial charge in [-0.2, -0.15) is 0 Å². The van der Waals surface area contributed by atoms with Gasteiger partial charge in [0, 0.05) is 10.2 Å². The highest BCUT2D eigenvalue weighted by Gasteiger charge is 2.14. The highest BCUT2D eigenvalue weighted by Crippen LogP contribution is 2.33. The van der Waals surface area contributed by atoms with Crippen LogP contribution in [-0.4, -0.2) is 17.0 Å². The number of rotatable bonds is 3. The molecule has 1 aromatic rings. The minimum Gasteiger partial charge on any atom is -0.454 e. The van der Waals surface area contributed by atoms with Gasteiger partial charge in [-0.05, 0) is 24.1 Å². The van der Waals surface area contributed by atoms with Crippen molar-refractivity contribution in [3.8, 4) is 11.5 Å². The predicted octanol–water partition coefficient (Wildman–Crippen LogP) is 3.12. The maximum atomic E-state index is 5.31. The lowest BCUT2D eigenvalue weighted by molar-refractivity contribution is 0.174. The molecule has 0 N–H and O–H groups in total. The topological polar surface area (TPSA) is 18.5 Å². The van der Waals surface area contributed by atoms with Gasteiger partial charge < -0.3 is 9.47 Å². The molecule has 1 atom stereocenters. The zero-order valence-electron chi connectivity index (χ0n) is 7.50. The van der Waals surface area contributed by atoms with Crippen molar-refractivity contribution in [3.05, 3.63) is 23.8 Å². The van der Waals surface area contributed by atoms with Crippen LogP contribution in [0.25, 0.3) is 0 Å². The number of hydrogen-bond acceptors (Lipinski definition) is 2. The first-order valence-electron chi connectivity index (χ1n) is 4.38. The van der Waals surface area contributed by atoms with Gasteiger partial charge in [0.25, 0.3) is 0 Å². The van der Waals surface area contributed by atoms with E-state index in [1.807, 2.05) is 12.1 Å². The number of halogens is 2. The molecule has 0 aromatic heterocycles. The van der Waals surface area contributed by atoms with Gasteiger partial charge >= 0.3 is 0 Å². The molecule has 0 saturated carbocycles. The van der Waals surface area contributed by atoms with Crippen LogP contribution in [0.1, 0.15) is 5.56 Å². The molecule has 1 aliphatic heterocycles. The van der Waals surface area contributed by atoms with E-state index in [0.29, 0.717) is 11.6 Å². The highest BCUT2D eigenvalue weighted by atomic mass is 79.9. The van der Waals surface area contributed by atoms with Crippen LogP contribution in [0.5, 0.6) is 11.5 Å². The van der Waals surface area contributed by atoms with Gasteiger partial charge in [0.1, 0.15) is 0 Å². The Labute approximate surface area is 99.8 Å². The molecule has 0 radical (unpaired) electrons. The number of benzene rings is 1. The fourth-order valence-corrected chi connectivity index (χ4v) is 1.98. The van der Waals surface area contributed by atoms with E-state index in [4.69, 9.17) is 9.47 Å². The van der Waals surface area contributed by atoms with E-state index in [1.54, 1.807) is 0 Å². The average molecular weight is 322 g/mol. The van der Waals surface area contributed by atoms with Crippen molar-refractivity contribution >= 4 is 31.9 Å². The van der Waals surface area contributed by atoms with Crippen molar-refractivity contribution in [1.82, 2.24) is 0 Å². The smallest absolute Gasteiger partial charge is 0.231 e. The monoisotopic (exact) mass is 320 g/mol. The molecule has 0 saturated heterocycles. The van der Waals surface area contributed by atoms with Crippen LogP contribution in [0, 0.1) is 0 Å². The predicted molar refractivity (Wildman–Crippen MR) is 62.8 cm³/mol. The van der Waals surface area contributed by atoms with Gasteiger partial charge in [0.2, 0.25) is 6.79 Å². The standard InChI is InChI=1S/C10H10Br2O2/c11-5-8(12)3-7-1-2-9-10(4-7)14-6-13-9/h1-2,4,8H,3,5-6H2. The lowest BCUT2D eigenvalue weighted by Crippen LogP contribution is -2.03. The van der Waals surface area contributed by atoms with E-state index >= 15 is 0 Å². The SMILES string of the molecule is BrCC(Br)Cc1ccc2c(c1)OCO2. The Morgan fingerprint density at radius 1 is 1.29 bits per heavy atom. The van der Waals surface area contributed by atoms with Crippen LogP contribution >= 0.6 is 31.9 Å². The van der Waals surface area contributed by atoms with Gasteiger partial charge in [-0.25, -0.2) is 0 Å². The summed E-state index contributed by atoms with van der Waals surface area (Å²) >= 11 is 7.01. The Balaban J connectivity index is 2.12.